The van der Waals surface area contributed by atoms with Crippen LogP contribution in [0.2, 0.25) is 0 Å². The summed E-state index contributed by atoms with van der Waals surface area (Å²) in [4.78, 5) is 25.6. The largest absolute Gasteiger partial charge is 0.455 e. The van der Waals surface area contributed by atoms with E-state index in [1.807, 2.05) is 12.3 Å². The number of nitrogens with zero attached hydrogens (tertiary/aromatic N) is 1. The van der Waals surface area contributed by atoms with E-state index in [1.165, 1.54) is 0 Å². The molecular weight excluding hydrogens is 304 g/mol. The summed E-state index contributed by atoms with van der Waals surface area (Å²) in [5.74, 6) is 1.89. The molecule has 2 aliphatic rings. The topological polar surface area (TPSA) is 71.8 Å². The van der Waals surface area contributed by atoms with Gasteiger partial charge in [0.05, 0.1) is 12.3 Å². The molecule has 3 rings (SSSR count). The zero-order valence-electron chi connectivity index (χ0n) is 12.6. The average Bonchev–Trinajstić information content (AvgIpc) is 3.04. The summed E-state index contributed by atoms with van der Waals surface area (Å²) >= 11 is 1.66. The second-order valence-electron chi connectivity index (χ2n) is 5.77. The average molecular weight is 324 g/mol. The molecule has 22 heavy (non-hydrogen) atoms. The van der Waals surface area contributed by atoms with Crippen LogP contribution in [-0.4, -0.2) is 48.4 Å². The minimum Gasteiger partial charge on any atom is -0.455 e. The van der Waals surface area contributed by atoms with Gasteiger partial charge in [-0.1, -0.05) is 0 Å². The SMILES string of the molecule is CSCc1ccc(C(=O)N2CCC[C@]3(CC2)CNC(=O)O3)o1. The van der Waals surface area contributed by atoms with Crippen LogP contribution in [0, 0.1) is 0 Å². The fourth-order valence-corrected chi connectivity index (χ4v) is 3.46. The number of likely N-dealkylation sites (tertiary alicyclic amines) is 1. The third-order valence-electron chi connectivity index (χ3n) is 4.21. The molecule has 120 valence electrons. The fraction of sp³-hybridized carbons (Fsp3) is 0.600. The van der Waals surface area contributed by atoms with Crippen LogP contribution in [0.25, 0.3) is 0 Å². The van der Waals surface area contributed by atoms with Crippen molar-refractivity contribution < 1.29 is 18.7 Å². The van der Waals surface area contributed by atoms with Crippen molar-refractivity contribution in [3.8, 4) is 0 Å². The van der Waals surface area contributed by atoms with E-state index in [9.17, 15) is 9.59 Å². The van der Waals surface area contributed by atoms with Gasteiger partial charge in [-0.05, 0) is 31.2 Å². The first-order valence-electron chi connectivity index (χ1n) is 7.46. The Labute approximate surface area is 133 Å². The number of carbonyl (C=O) groups is 2. The predicted molar refractivity (Wildman–Crippen MR) is 82.9 cm³/mol. The molecule has 1 N–H and O–H groups in total. The number of nitrogens with one attached hydrogen (secondary N) is 1. The molecular formula is C15H20N2O4S. The molecule has 1 spiro atoms. The Morgan fingerprint density at radius 2 is 2.27 bits per heavy atom. The van der Waals surface area contributed by atoms with Gasteiger partial charge in [-0.25, -0.2) is 4.79 Å². The van der Waals surface area contributed by atoms with Crippen LogP contribution in [0.5, 0.6) is 0 Å². The molecule has 0 radical (unpaired) electrons. The quantitative estimate of drug-likeness (QED) is 0.923. The first kappa shape index (κ1) is 15.3. The number of amides is 2. The van der Waals surface area contributed by atoms with Crippen molar-refractivity contribution in [1.82, 2.24) is 10.2 Å². The monoisotopic (exact) mass is 324 g/mol. The van der Waals surface area contributed by atoms with Gasteiger partial charge in [0, 0.05) is 19.5 Å². The second kappa shape index (κ2) is 6.24. The molecule has 0 aliphatic carbocycles. The first-order chi connectivity index (χ1) is 10.6. The number of hydrogen-bond donors (Lipinski definition) is 1. The summed E-state index contributed by atoms with van der Waals surface area (Å²) in [7, 11) is 0. The lowest BCUT2D eigenvalue weighted by molar-refractivity contribution is 0.0435. The Bertz CT molecular complexity index is 574. The fourth-order valence-electron chi connectivity index (χ4n) is 3.02. The number of rotatable bonds is 3. The maximum atomic E-state index is 12.5. The van der Waals surface area contributed by atoms with Crippen LogP contribution in [0.1, 0.15) is 35.6 Å². The summed E-state index contributed by atoms with van der Waals surface area (Å²) in [5, 5.41) is 2.72. The first-order valence-corrected chi connectivity index (χ1v) is 8.85. The van der Waals surface area contributed by atoms with E-state index < -0.39 is 5.60 Å². The standard InChI is InChI=1S/C15H20N2O4S/c1-22-9-11-3-4-12(20-11)13(18)17-7-2-5-15(6-8-17)10-16-14(19)21-15/h3-4H,2,5-10H2,1H3,(H,16,19)/t15-/m0/s1. The highest BCUT2D eigenvalue weighted by atomic mass is 32.2. The third kappa shape index (κ3) is 3.09. The number of carbonyl (C=O) groups excluding carboxylic acids is 2. The van der Waals surface area contributed by atoms with Gasteiger partial charge in [-0.2, -0.15) is 11.8 Å². The molecule has 3 heterocycles. The molecule has 0 aromatic carbocycles. The molecule has 1 atom stereocenters. The Morgan fingerprint density at radius 1 is 1.41 bits per heavy atom. The summed E-state index contributed by atoms with van der Waals surface area (Å²) < 4.78 is 11.0. The lowest BCUT2D eigenvalue weighted by Gasteiger charge is -2.24. The molecule has 2 saturated heterocycles. The van der Waals surface area contributed by atoms with Gasteiger partial charge in [0.2, 0.25) is 0 Å². The summed E-state index contributed by atoms with van der Waals surface area (Å²) in [5.41, 5.74) is -0.445. The minimum absolute atomic E-state index is 0.0818. The molecule has 0 saturated carbocycles. The normalized spacial score (nSPS) is 25.0. The highest BCUT2D eigenvalue weighted by molar-refractivity contribution is 7.97. The molecule has 6 nitrogen and oxygen atoms in total. The van der Waals surface area contributed by atoms with Crippen molar-refractivity contribution in [3.05, 3.63) is 23.7 Å². The van der Waals surface area contributed by atoms with Gasteiger partial charge in [-0.15, -0.1) is 0 Å². The Balaban J connectivity index is 1.65. The van der Waals surface area contributed by atoms with Gasteiger partial charge < -0.3 is 19.4 Å². The summed E-state index contributed by atoms with van der Waals surface area (Å²) in [6, 6.07) is 3.59. The number of alkyl carbamates (subject to hydrolysis) is 1. The molecule has 2 amide bonds. The molecule has 2 fully saturated rings. The van der Waals surface area contributed by atoms with Gasteiger partial charge in [0.15, 0.2) is 5.76 Å². The van der Waals surface area contributed by atoms with E-state index in [2.05, 4.69) is 5.32 Å². The maximum Gasteiger partial charge on any atom is 0.407 e. The predicted octanol–water partition coefficient (Wildman–Crippen LogP) is 2.25. The zero-order valence-corrected chi connectivity index (χ0v) is 13.4. The number of hydrogen-bond acceptors (Lipinski definition) is 5. The van der Waals surface area contributed by atoms with Crippen LogP contribution < -0.4 is 5.32 Å². The van der Waals surface area contributed by atoms with E-state index in [0.29, 0.717) is 31.8 Å². The van der Waals surface area contributed by atoms with E-state index >= 15 is 0 Å². The number of thioether (sulfide) groups is 1. The van der Waals surface area contributed by atoms with E-state index in [4.69, 9.17) is 9.15 Å². The molecule has 7 heteroatoms. The van der Waals surface area contributed by atoms with Crippen LogP contribution in [0.15, 0.2) is 16.5 Å². The lowest BCUT2D eigenvalue weighted by atomic mass is 9.95. The van der Waals surface area contributed by atoms with Gasteiger partial charge in [0.25, 0.3) is 5.91 Å². The zero-order chi connectivity index (χ0) is 15.6. The maximum absolute atomic E-state index is 12.5. The van der Waals surface area contributed by atoms with Crippen LogP contribution in [0.3, 0.4) is 0 Å². The Hall–Kier alpha value is -1.63. The second-order valence-corrected chi connectivity index (χ2v) is 6.64. The summed E-state index contributed by atoms with van der Waals surface area (Å²) in [6.07, 6.45) is 3.91. The minimum atomic E-state index is -0.445. The van der Waals surface area contributed by atoms with Crippen molar-refractivity contribution in [3.63, 3.8) is 0 Å². The van der Waals surface area contributed by atoms with Crippen LogP contribution in [-0.2, 0) is 10.5 Å². The highest BCUT2D eigenvalue weighted by Gasteiger charge is 2.42. The molecule has 2 aliphatic heterocycles. The number of ether oxygens (including phenoxy) is 1. The summed E-state index contributed by atoms with van der Waals surface area (Å²) in [6.45, 7) is 1.77. The van der Waals surface area contributed by atoms with Crippen LogP contribution in [0.4, 0.5) is 4.79 Å². The van der Waals surface area contributed by atoms with Crippen molar-refractivity contribution in [2.75, 3.05) is 25.9 Å². The molecule has 1 aromatic heterocycles. The number of furan rings is 1. The van der Waals surface area contributed by atoms with Crippen molar-refractivity contribution >= 4 is 23.8 Å². The van der Waals surface area contributed by atoms with Crippen molar-refractivity contribution in [2.24, 2.45) is 0 Å². The van der Waals surface area contributed by atoms with E-state index in [0.717, 1.165) is 24.4 Å². The molecule has 0 bridgehead atoms. The Morgan fingerprint density at radius 3 is 3.00 bits per heavy atom. The van der Waals surface area contributed by atoms with Crippen molar-refractivity contribution in [2.45, 2.75) is 30.6 Å². The lowest BCUT2D eigenvalue weighted by Crippen LogP contribution is -2.36. The molecule has 1 aromatic rings. The van der Waals surface area contributed by atoms with Gasteiger partial charge in [-0.3, -0.25) is 4.79 Å². The van der Waals surface area contributed by atoms with Gasteiger partial charge >= 0.3 is 6.09 Å². The third-order valence-corrected chi connectivity index (χ3v) is 4.78. The molecule has 0 unspecified atom stereocenters. The Kier molecular flexibility index (Phi) is 4.33. The van der Waals surface area contributed by atoms with Gasteiger partial charge in [0.1, 0.15) is 11.4 Å². The van der Waals surface area contributed by atoms with E-state index in [-0.39, 0.29) is 12.0 Å². The van der Waals surface area contributed by atoms with Crippen molar-refractivity contribution in [1.29, 1.82) is 0 Å². The highest BCUT2D eigenvalue weighted by Crippen LogP contribution is 2.30. The smallest absolute Gasteiger partial charge is 0.407 e. The van der Waals surface area contributed by atoms with E-state index in [1.54, 1.807) is 22.7 Å². The van der Waals surface area contributed by atoms with Crippen LogP contribution >= 0.6 is 11.8 Å².